The summed E-state index contributed by atoms with van der Waals surface area (Å²) in [7, 11) is 0. The van der Waals surface area contributed by atoms with Crippen LogP contribution < -0.4 is 5.90 Å². The van der Waals surface area contributed by atoms with E-state index in [1.54, 1.807) is 0 Å². The normalized spacial score (nSPS) is 17.0. The molecule has 0 aliphatic heterocycles. The maximum Gasteiger partial charge on any atom is 0.0906 e. The van der Waals surface area contributed by atoms with Gasteiger partial charge in [-0.25, -0.2) is 5.90 Å². The molecule has 0 amide bonds. The van der Waals surface area contributed by atoms with E-state index >= 15 is 0 Å². The Hall–Kier alpha value is -0.940. The SMILES string of the molecule is CC(C)(CON)c1cn(CC2CC2)nn1. The zero-order valence-corrected chi connectivity index (χ0v) is 9.31. The lowest BCUT2D eigenvalue weighted by Gasteiger charge is -2.19. The van der Waals surface area contributed by atoms with Crippen LogP contribution in [0.1, 0.15) is 32.4 Å². The Morgan fingerprint density at radius 1 is 1.60 bits per heavy atom. The molecule has 2 N–H and O–H groups in total. The second-order valence-electron chi connectivity index (χ2n) is 4.96. The van der Waals surface area contributed by atoms with Gasteiger partial charge in [0.25, 0.3) is 0 Å². The summed E-state index contributed by atoms with van der Waals surface area (Å²) >= 11 is 0. The van der Waals surface area contributed by atoms with Crippen molar-refractivity contribution < 1.29 is 4.84 Å². The summed E-state index contributed by atoms with van der Waals surface area (Å²) in [5, 5.41) is 8.28. The molecule has 1 aliphatic rings. The van der Waals surface area contributed by atoms with Gasteiger partial charge in [-0.15, -0.1) is 5.10 Å². The van der Waals surface area contributed by atoms with E-state index in [0.717, 1.165) is 18.2 Å². The van der Waals surface area contributed by atoms with Crippen molar-refractivity contribution in [2.45, 2.75) is 38.6 Å². The van der Waals surface area contributed by atoms with Crippen LogP contribution in [0.4, 0.5) is 0 Å². The lowest BCUT2D eigenvalue weighted by Crippen LogP contribution is -2.26. The fourth-order valence-electron chi connectivity index (χ4n) is 1.54. The molecule has 1 heterocycles. The molecule has 0 aromatic carbocycles. The molecule has 0 spiro atoms. The van der Waals surface area contributed by atoms with Gasteiger partial charge in [0.1, 0.15) is 0 Å². The van der Waals surface area contributed by atoms with Crippen molar-refractivity contribution in [3.8, 4) is 0 Å². The van der Waals surface area contributed by atoms with Crippen molar-refractivity contribution in [2.24, 2.45) is 11.8 Å². The topological polar surface area (TPSA) is 66.0 Å². The molecule has 15 heavy (non-hydrogen) atoms. The van der Waals surface area contributed by atoms with Crippen LogP contribution in [0, 0.1) is 5.92 Å². The van der Waals surface area contributed by atoms with E-state index in [2.05, 4.69) is 15.1 Å². The van der Waals surface area contributed by atoms with E-state index in [1.165, 1.54) is 12.8 Å². The third-order valence-corrected chi connectivity index (χ3v) is 2.82. The molecular formula is C10H18N4O. The summed E-state index contributed by atoms with van der Waals surface area (Å²) in [6.07, 6.45) is 4.65. The summed E-state index contributed by atoms with van der Waals surface area (Å²) < 4.78 is 1.92. The average molecular weight is 210 g/mol. The van der Waals surface area contributed by atoms with Gasteiger partial charge in [0.05, 0.1) is 12.3 Å². The van der Waals surface area contributed by atoms with Crippen molar-refractivity contribution in [1.29, 1.82) is 0 Å². The smallest absolute Gasteiger partial charge is 0.0906 e. The highest BCUT2D eigenvalue weighted by Gasteiger charge is 2.26. The highest BCUT2D eigenvalue weighted by Crippen LogP contribution is 2.30. The van der Waals surface area contributed by atoms with Gasteiger partial charge < -0.3 is 4.84 Å². The molecule has 1 aliphatic carbocycles. The molecule has 0 radical (unpaired) electrons. The Morgan fingerprint density at radius 3 is 2.93 bits per heavy atom. The number of hydrogen-bond acceptors (Lipinski definition) is 4. The van der Waals surface area contributed by atoms with Crippen LogP contribution in [-0.2, 0) is 16.8 Å². The predicted octanol–water partition coefficient (Wildman–Crippen LogP) is 0.856. The molecule has 0 atom stereocenters. The minimum absolute atomic E-state index is 0.170. The molecule has 0 saturated heterocycles. The summed E-state index contributed by atoms with van der Waals surface area (Å²) in [4.78, 5) is 4.69. The lowest BCUT2D eigenvalue weighted by molar-refractivity contribution is 0.0949. The van der Waals surface area contributed by atoms with Crippen LogP contribution in [0.3, 0.4) is 0 Å². The van der Waals surface area contributed by atoms with E-state index < -0.39 is 0 Å². The number of nitrogens with two attached hydrogens (primary N) is 1. The van der Waals surface area contributed by atoms with Crippen molar-refractivity contribution in [1.82, 2.24) is 15.0 Å². The minimum atomic E-state index is -0.170. The molecule has 1 fully saturated rings. The quantitative estimate of drug-likeness (QED) is 0.732. The summed E-state index contributed by atoms with van der Waals surface area (Å²) in [5.74, 6) is 5.91. The van der Waals surface area contributed by atoms with Crippen molar-refractivity contribution in [2.75, 3.05) is 6.61 Å². The Bertz CT molecular complexity index is 330. The van der Waals surface area contributed by atoms with Gasteiger partial charge in [0, 0.05) is 18.2 Å². The number of nitrogens with zero attached hydrogens (tertiary/aromatic N) is 3. The number of rotatable bonds is 5. The lowest BCUT2D eigenvalue weighted by atomic mass is 9.91. The van der Waals surface area contributed by atoms with Gasteiger partial charge in [-0.3, -0.25) is 4.68 Å². The van der Waals surface area contributed by atoms with Gasteiger partial charge in [-0.1, -0.05) is 19.1 Å². The van der Waals surface area contributed by atoms with Crippen LogP contribution in [0.25, 0.3) is 0 Å². The monoisotopic (exact) mass is 210 g/mol. The Balaban J connectivity index is 2.04. The molecule has 5 nitrogen and oxygen atoms in total. The molecule has 1 saturated carbocycles. The Labute approximate surface area is 89.5 Å². The first-order valence-corrected chi connectivity index (χ1v) is 5.34. The van der Waals surface area contributed by atoms with Crippen LogP contribution in [0.5, 0.6) is 0 Å². The van der Waals surface area contributed by atoms with Gasteiger partial charge in [0.2, 0.25) is 0 Å². The molecule has 84 valence electrons. The summed E-state index contributed by atoms with van der Waals surface area (Å²) in [6.45, 7) is 5.54. The number of hydrogen-bond donors (Lipinski definition) is 1. The first-order chi connectivity index (χ1) is 7.12. The summed E-state index contributed by atoms with van der Waals surface area (Å²) in [5.41, 5.74) is 0.768. The Kier molecular flexibility index (Phi) is 2.75. The van der Waals surface area contributed by atoms with Crippen LogP contribution in [0.2, 0.25) is 0 Å². The van der Waals surface area contributed by atoms with E-state index in [9.17, 15) is 0 Å². The van der Waals surface area contributed by atoms with E-state index in [1.807, 2.05) is 24.7 Å². The largest absolute Gasteiger partial charge is 0.304 e. The van der Waals surface area contributed by atoms with Gasteiger partial charge in [-0.05, 0) is 18.8 Å². The van der Waals surface area contributed by atoms with Gasteiger partial charge in [0.15, 0.2) is 0 Å². The highest BCUT2D eigenvalue weighted by atomic mass is 16.6. The summed E-state index contributed by atoms with van der Waals surface area (Å²) in [6, 6.07) is 0. The third-order valence-electron chi connectivity index (χ3n) is 2.82. The second-order valence-corrected chi connectivity index (χ2v) is 4.96. The zero-order valence-electron chi connectivity index (χ0n) is 9.31. The third kappa shape index (κ3) is 2.54. The number of aromatic nitrogens is 3. The first-order valence-electron chi connectivity index (χ1n) is 5.34. The van der Waals surface area contributed by atoms with Crippen molar-refractivity contribution >= 4 is 0 Å². The molecule has 5 heteroatoms. The maximum absolute atomic E-state index is 5.09. The average Bonchev–Trinajstić information content (AvgIpc) is 2.81. The second kappa shape index (κ2) is 3.90. The Morgan fingerprint density at radius 2 is 2.33 bits per heavy atom. The van der Waals surface area contributed by atoms with E-state index in [0.29, 0.717) is 6.61 Å². The highest BCUT2D eigenvalue weighted by molar-refractivity contribution is 5.08. The van der Waals surface area contributed by atoms with E-state index in [-0.39, 0.29) is 5.41 Å². The van der Waals surface area contributed by atoms with E-state index in [4.69, 9.17) is 5.90 Å². The van der Waals surface area contributed by atoms with Gasteiger partial charge in [-0.2, -0.15) is 0 Å². The molecule has 0 unspecified atom stereocenters. The molecule has 0 bridgehead atoms. The fraction of sp³-hybridized carbons (Fsp3) is 0.800. The van der Waals surface area contributed by atoms with Crippen LogP contribution in [0.15, 0.2) is 6.20 Å². The molecule has 1 aromatic heterocycles. The molecule has 2 rings (SSSR count). The van der Waals surface area contributed by atoms with Crippen LogP contribution in [-0.4, -0.2) is 21.6 Å². The molecule has 1 aromatic rings. The maximum atomic E-state index is 5.09. The predicted molar refractivity (Wildman–Crippen MR) is 55.9 cm³/mol. The first kappa shape index (κ1) is 10.6. The molecular weight excluding hydrogens is 192 g/mol. The van der Waals surface area contributed by atoms with Crippen molar-refractivity contribution in [3.63, 3.8) is 0 Å². The zero-order chi connectivity index (χ0) is 10.9. The minimum Gasteiger partial charge on any atom is -0.304 e. The van der Waals surface area contributed by atoms with Crippen molar-refractivity contribution in [3.05, 3.63) is 11.9 Å². The standard InChI is InChI=1S/C10H18N4O/c1-10(2,7-15-11)9-6-14(13-12-9)5-8-3-4-8/h6,8H,3-5,7,11H2,1-2H3. The van der Waals surface area contributed by atoms with Gasteiger partial charge >= 0.3 is 0 Å². The van der Waals surface area contributed by atoms with Crippen LogP contribution >= 0.6 is 0 Å². The fourth-order valence-corrected chi connectivity index (χ4v) is 1.54.